The molecule has 8 heteroatoms. The van der Waals surface area contributed by atoms with Crippen molar-refractivity contribution in [1.29, 1.82) is 0 Å². The van der Waals surface area contributed by atoms with Crippen LogP contribution in [-0.4, -0.2) is 36.7 Å². The van der Waals surface area contributed by atoms with Crippen LogP contribution in [0.15, 0.2) is 58.9 Å². The van der Waals surface area contributed by atoms with Crippen molar-refractivity contribution in [1.82, 2.24) is 4.90 Å². The Morgan fingerprint density at radius 1 is 0.829 bits per heavy atom. The largest absolute Gasteiger partial charge is 0.487 e. The van der Waals surface area contributed by atoms with Crippen molar-refractivity contribution in [2.45, 2.75) is 65.9 Å². The van der Waals surface area contributed by atoms with Gasteiger partial charge in [0.25, 0.3) is 0 Å². The van der Waals surface area contributed by atoms with Crippen LogP contribution in [0.2, 0.25) is 15.1 Å². The summed E-state index contributed by atoms with van der Waals surface area (Å²) in [4.78, 5) is 30.0. The Kier molecular flexibility index (Phi) is 8.39. The molecule has 0 amide bonds. The van der Waals surface area contributed by atoms with Gasteiger partial charge in [-0.3, -0.25) is 9.59 Å². The number of carbonyl (C=O) groups is 2. The number of hydrogen-bond donors (Lipinski definition) is 0. The number of Topliss-reactive ketones (excluding diaryl/α,β-unsaturated/α-hetero) is 2. The molecule has 218 valence electrons. The molecule has 0 fully saturated rings. The molecule has 0 aromatic heterocycles. The van der Waals surface area contributed by atoms with Crippen LogP contribution in [0.4, 0.5) is 0 Å². The van der Waals surface area contributed by atoms with E-state index in [1.807, 2.05) is 24.3 Å². The predicted molar refractivity (Wildman–Crippen MR) is 164 cm³/mol. The van der Waals surface area contributed by atoms with Crippen LogP contribution in [-0.2, 0) is 20.9 Å². The monoisotopic (exact) mass is 615 g/mol. The maximum atomic E-state index is 13.9. The van der Waals surface area contributed by atoms with E-state index < -0.39 is 5.92 Å². The summed E-state index contributed by atoms with van der Waals surface area (Å²) in [5, 5.41) is 1.48. The lowest BCUT2D eigenvalue weighted by molar-refractivity contribution is -0.119. The van der Waals surface area contributed by atoms with Crippen molar-refractivity contribution >= 4 is 46.4 Å². The minimum Gasteiger partial charge on any atom is -0.487 e. The molecular formula is C33H36Cl3NO4. The zero-order valence-corrected chi connectivity index (χ0v) is 26.5. The molecule has 41 heavy (non-hydrogen) atoms. The second-order valence-electron chi connectivity index (χ2n) is 12.9. The summed E-state index contributed by atoms with van der Waals surface area (Å²) in [7, 11) is 1.68. The van der Waals surface area contributed by atoms with E-state index in [4.69, 9.17) is 44.3 Å². The maximum absolute atomic E-state index is 13.9. The average molecular weight is 617 g/mol. The van der Waals surface area contributed by atoms with Crippen molar-refractivity contribution in [3.05, 3.63) is 85.1 Å². The van der Waals surface area contributed by atoms with Gasteiger partial charge in [0.15, 0.2) is 11.6 Å². The van der Waals surface area contributed by atoms with Crippen LogP contribution in [0.25, 0.3) is 0 Å². The first-order valence-corrected chi connectivity index (χ1v) is 15.1. The van der Waals surface area contributed by atoms with E-state index in [1.165, 1.54) is 0 Å². The van der Waals surface area contributed by atoms with Gasteiger partial charge in [0.05, 0.1) is 11.6 Å². The average Bonchev–Trinajstić information content (AvgIpc) is 2.86. The molecule has 5 rings (SSSR count). The van der Waals surface area contributed by atoms with Crippen LogP contribution in [0.5, 0.6) is 5.75 Å². The summed E-state index contributed by atoms with van der Waals surface area (Å²) in [5.74, 6) is 0.196. The second kappa shape index (κ2) is 11.4. The number of ketones is 2. The minimum atomic E-state index is -0.469. The Morgan fingerprint density at radius 3 is 1.98 bits per heavy atom. The lowest BCUT2D eigenvalue weighted by Crippen LogP contribution is -2.45. The van der Waals surface area contributed by atoms with E-state index in [0.29, 0.717) is 58.0 Å². The van der Waals surface area contributed by atoms with Crippen LogP contribution < -0.4 is 4.74 Å². The number of carbonyl (C=O) groups excluding carboxylic acids is 2. The minimum absolute atomic E-state index is 0.0849. The highest BCUT2D eigenvalue weighted by atomic mass is 35.5. The van der Waals surface area contributed by atoms with Gasteiger partial charge in [-0.05, 0) is 53.5 Å². The van der Waals surface area contributed by atoms with Crippen molar-refractivity contribution in [3.8, 4) is 5.75 Å². The van der Waals surface area contributed by atoms with E-state index in [9.17, 15) is 9.59 Å². The third-order valence-corrected chi connectivity index (χ3v) is 9.11. The SMILES string of the molecule is COCCN1C2=C(C(=O)CC(C)(C)C2)C(c2ccc(OCc3ccc(Cl)cc3Cl)c(Cl)c2)C2=C1CC(C)(C)CC2=O. The number of benzene rings is 2. The normalized spacial score (nSPS) is 20.3. The fraction of sp³-hybridized carbons (Fsp3) is 0.455. The van der Waals surface area contributed by atoms with Gasteiger partial charge < -0.3 is 14.4 Å². The van der Waals surface area contributed by atoms with Crippen LogP contribution >= 0.6 is 34.8 Å². The first-order valence-electron chi connectivity index (χ1n) is 14.0. The topological polar surface area (TPSA) is 55.8 Å². The van der Waals surface area contributed by atoms with Gasteiger partial charge in [-0.25, -0.2) is 0 Å². The Labute approximate surface area is 257 Å². The summed E-state index contributed by atoms with van der Waals surface area (Å²) < 4.78 is 11.5. The molecule has 0 spiro atoms. The molecule has 0 saturated carbocycles. The van der Waals surface area contributed by atoms with E-state index in [1.54, 1.807) is 19.2 Å². The molecule has 0 unspecified atom stereocenters. The first-order chi connectivity index (χ1) is 19.3. The Morgan fingerprint density at radius 2 is 1.44 bits per heavy atom. The highest BCUT2D eigenvalue weighted by Gasteiger charge is 2.48. The molecule has 0 radical (unpaired) electrons. The molecule has 3 aliphatic rings. The number of hydrogen-bond acceptors (Lipinski definition) is 5. The third kappa shape index (κ3) is 6.10. The fourth-order valence-corrected chi connectivity index (χ4v) is 7.15. The van der Waals surface area contributed by atoms with E-state index in [0.717, 1.165) is 35.4 Å². The second-order valence-corrected chi connectivity index (χ2v) is 14.1. The molecule has 2 aromatic rings. The quantitative estimate of drug-likeness (QED) is 0.312. The number of methoxy groups -OCH3 is 1. The van der Waals surface area contributed by atoms with Crippen LogP contribution in [0, 0.1) is 10.8 Å². The molecule has 0 N–H and O–H groups in total. The predicted octanol–water partition coefficient (Wildman–Crippen LogP) is 8.56. The van der Waals surface area contributed by atoms with Crippen molar-refractivity contribution in [3.63, 3.8) is 0 Å². The van der Waals surface area contributed by atoms with Crippen molar-refractivity contribution in [2.24, 2.45) is 10.8 Å². The maximum Gasteiger partial charge on any atom is 0.162 e. The van der Waals surface area contributed by atoms with E-state index in [2.05, 4.69) is 32.6 Å². The Hall–Kier alpha value is -2.31. The Bertz CT molecular complexity index is 1420. The molecule has 0 saturated heterocycles. The zero-order chi connectivity index (χ0) is 29.7. The molecule has 0 atom stereocenters. The molecule has 5 nitrogen and oxygen atoms in total. The highest BCUT2D eigenvalue weighted by Crippen LogP contribution is 2.54. The number of nitrogens with zero attached hydrogens (tertiary/aromatic N) is 1. The molecular weight excluding hydrogens is 581 g/mol. The summed E-state index contributed by atoms with van der Waals surface area (Å²) in [6.45, 7) is 9.84. The standard InChI is InChI=1S/C33H36Cl3NO4/c1-32(2)14-24-30(26(38)16-32)29(31-25(37(24)10-11-40-5)15-33(3,4)17-27(31)39)19-7-9-28(23(36)12-19)41-18-20-6-8-21(34)13-22(20)35/h6-9,12-13,29H,10-11,14-18H2,1-5H3. The summed E-state index contributed by atoms with van der Waals surface area (Å²) in [5.41, 5.74) is 4.68. The van der Waals surface area contributed by atoms with Crippen LogP contribution in [0.1, 0.15) is 70.4 Å². The van der Waals surface area contributed by atoms with Gasteiger partial charge >= 0.3 is 0 Å². The van der Waals surface area contributed by atoms with E-state index in [-0.39, 0.29) is 29.0 Å². The van der Waals surface area contributed by atoms with Gasteiger partial charge in [-0.1, -0.05) is 74.6 Å². The summed E-state index contributed by atoms with van der Waals surface area (Å²) in [6.07, 6.45) is 2.35. The van der Waals surface area contributed by atoms with Gasteiger partial charge in [-0.2, -0.15) is 0 Å². The number of ether oxygens (including phenoxy) is 2. The summed E-state index contributed by atoms with van der Waals surface area (Å²) >= 11 is 19.1. The Balaban J connectivity index is 1.58. The first kappa shape index (κ1) is 30.2. The molecule has 1 heterocycles. The third-order valence-electron chi connectivity index (χ3n) is 8.23. The number of allylic oxidation sites excluding steroid dienone is 4. The molecule has 1 aliphatic heterocycles. The van der Waals surface area contributed by atoms with Gasteiger partial charge in [0.1, 0.15) is 12.4 Å². The van der Waals surface area contributed by atoms with Gasteiger partial charge in [-0.15, -0.1) is 0 Å². The number of halogens is 3. The van der Waals surface area contributed by atoms with Crippen molar-refractivity contribution in [2.75, 3.05) is 20.3 Å². The number of rotatable bonds is 7. The summed E-state index contributed by atoms with van der Waals surface area (Å²) in [6, 6.07) is 10.8. The molecule has 0 bridgehead atoms. The van der Waals surface area contributed by atoms with Gasteiger partial charge in [0, 0.05) is 70.6 Å². The molecule has 2 aliphatic carbocycles. The lowest BCUT2D eigenvalue weighted by atomic mass is 9.63. The fourth-order valence-electron chi connectivity index (χ4n) is 6.44. The lowest BCUT2D eigenvalue weighted by Gasteiger charge is -2.49. The highest BCUT2D eigenvalue weighted by molar-refractivity contribution is 6.35. The van der Waals surface area contributed by atoms with E-state index >= 15 is 0 Å². The zero-order valence-electron chi connectivity index (χ0n) is 24.2. The smallest absolute Gasteiger partial charge is 0.162 e. The van der Waals surface area contributed by atoms with Crippen LogP contribution in [0.3, 0.4) is 0 Å². The molecule has 2 aromatic carbocycles. The van der Waals surface area contributed by atoms with Crippen molar-refractivity contribution < 1.29 is 19.1 Å². The van der Waals surface area contributed by atoms with Gasteiger partial charge in [0.2, 0.25) is 0 Å².